The molecule has 1 fully saturated rings. The minimum atomic E-state index is -4.08. The highest BCUT2D eigenvalue weighted by atomic mass is 32.2. The number of hydrogen-bond acceptors (Lipinski definition) is 5. The fourth-order valence-corrected chi connectivity index (χ4v) is 5.57. The molecule has 1 amide bonds. The summed E-state index contributed by atoms with van der Waals surface area (Å²) in [5.41, 5.74) is 1.92. The fourth-order valence-electron chi connectivity index (χ4n) is 4.05. The van der Waals surface area contributed by atoms with E-state index in [2.05, 4.69) is 4.98 Å². The zero-order valence-corrected chi connectivity index (χ0v) is 19.2. The molecule has 1 atom stereocenters. The summed E-state index contributed by atoms with van der Waals surface area (Å²) in [6.45, 7) is 5.85. The second kappa shape index (κ2) is 9.23. The van der Waals surface area contributed by atoms with Gasteiger partial charge < -0.3 is 14.6 Å². The molecule has 1 aromatic heterocycles. The lowest BCUT2D eigenvalue weighted by Crippen LogP contribution is -2.40. The largest absolute Gasteiger partial charge is 0.462 e. The van der Waals surface area contributed by atoms with Crippen LogP contribution in [-0.2, 0) is 19.6 Å². The van der Waals surface area contributed by atoms with Gasteiger partial charge in [0, 0.05) is 37.4 Å². The summed E-state index contributed by atoms with van der Waals surface area (Å²) in [6.07, 6.45) is 0.843. The quantitative estimate of drug-likeness (QED) is 0.657. The van der Waals surface area contributed by atoms with Crippen molar-refractivity contribution in [1.82, 2.24) is 14.2 Å². The van der Waals surface area contributed by atoms with Crippen molar-refractivity contribution >= 4 is 21.9 Å². The fraction of sp³-hybridized carbons (Fsp3) is 0.455. The molecule has 0 bridgehead atoms. The highest BCUT2D eigenvalue weighted by Gasteiger charge is 2.35. The van der Waals surface area contributed by atoms with Crippen LogP contribution in [-0.4, -0.2) is 67.8 Å². The summed E-state index contributed by atoms with van der Waals surface area (Å²) in [7, 11) is -2.72. The summed E-state index contributed by atoms with van der Waals surface area (Å²) >= 11 is 0. The topological polar surface area (TPSA) is 99.8 Å². The maximum atomic E-state index is 13.3. The first-order valence-corrected chi connectivity index (χ1v) is 11.8. The third-order valence-corrected chi connectivity index (χ3v) is 7.61. The van der Waals surface area contributed by atoms with Gasteiger partial charge in [-0.1, -0.05) is 30.3 Å². The average Bonchev–Trinajstić information content (AvgIpc) is 3.33. The number of amides is 1. The molecule has 0 spiro atoms. The van der Waals surface area contributed by atoms with Crippen LogP contribution < -0.4 is 0 Å². The van der Waals surface area contributed by atoms with Gasteiger partial charge in [0.1, 0.15) is 10.5 Å². The number of carbonyl (C=O) groups excluding carboxylic acids is 2. The van der Waals surface area contributed by atoms with Gasteiger partial charge in [0.25, 0.3) is 0 Å². The standard InChI is InChI=1S/C22H29N3O5S/c1-5-30-22(27)20-15(2)23-16(3)21(20)31(28,29)24(4)14-19(26)25-12-11-18(13-25)17-9-7-6-8-10-17/h6-10,18,23H,5,11-14H2,1-4H3/t18-/m1/s1. The lowest BCUT2D eigenvalue weighted by atomic mass is 9.99. The van der Waals surface area contributed by atoms with Gasteiger partial charge in [0.2, 0.25) is 15.9 Å². The van der Waals surface area contributed by atoms with E-state index in [9.17, 15) is 18.0 Å². The maximum Gasteiger partial charge on any atom is 0.341 e. The number of nitrogens with one attached hydrogen (secondary N) is 1. The van der Waals surface area contributed by atoms with Gasteiger partial charge in [-0.05, 0) is 32.8 Å². The van der Waals surface area contributed by atoms with Crippen molar-refractivity contribution in [2.75, 3.05) is 33.3 Å². The number of rotatable bonds is 7. The number of likely N-dealkylation sites (N-methyl/N-ethyl adjacent to an activating group) is 1. The first-order valence-electron chi connectivity index (χ1n) is 10.3. The number of aryl methyl sites for hydroxylation is 2. The summed E-state index contributed by atoms with van der Waals surface area (Å²) in [5.74, 6) is -0.711. The maximum absolute atomic E-state index is 13.3. The van der Waals surface area contributed by atoms with Crippen molar-refractivity contribution in [3.8, 4) is 0 Å². The number of nitrogens with zero attached hydrogens (tertiary/aromatic N) is 2. The van der Waals surface area contributed by atoms with Gasteiger partial charge in [-0.25, -0.2) is 13.2 Å². The summed E-state index contributed by atoms with van der Waals surface area (Å²) < 4.78 is 32.6. The van der Waals surface area contributed by atoms with Crippen LogP contribution in [0.5, 0.6) is 0 Å². The number of ether oxygens (including phenoxy) is 1. The predicted octanol–water partition coefficient (Wildman–Crippen LogP) is 2.44. The van der Waals surface area contributed by atoms with E-state index in [1.54, 1.807) is 25.7 Å². The third-order valence-electron chi connectivity index (χ3n) is 5.64. The lowest BCUT2D eigenvalue weighted by molar-refractivity contribution is -0.130. The van der Waals surface area contributed by atoms with Crippen molar-refractivity contribution < 1.29 is 22.7 Å². The number of hydrogen-bond donors (Lipinski definition) is 1. The SMILES string of the molecule is CCOC(=O)c1c(C)[nH]c(C)c1S(=O)(=O)N(C)CC(=O)N1CC[C@@H](c2ccccc2)C1. The highest BCUT2D eigenvalue weighted by molar-refractivity contribution is 7.89. The van der Waals surface area contributed by atoms with Gasteiger partial charge >= 0.3 is 5.97 Å². The Morgan fingerprint density at radius 3 is 2.52 bits per heavy atom. The molecule has 9 heteroatoms. The van der Waals surface area contributed by atoms with Crippen LogP contribution in [0.2, 0.25) is 0 Å². The molecule has 1 aliphatic rings. The molecule has 8 nitrogen and oxygen atoms in total. The average molecular weight is 448 g/mol. The summed E-state index contributed by atoms with van der Waals surface area (Å²) in [6, 6.07) is 9.99. The van der Waals surface area contributed by atoms with Crippen molar-refractivity contribution in [3.05, 3.63) is 52.8 Å². The van der Waals surface area contributed by atoms with E-state index in [-0.39, 0.29) is 35.4 Å². The Bertz CT molecular complexity index is 1060. The smallest absolute Gasteiger partial charge is 0.341 e. The third kappa shape index (κ3) is 4.67. The minimum absolute atomic E-state index is 0.0102. The summed E-state index contributed by atoms with van der Waals surface area (Å²) in [4.78, 5) is 29.7. The number of aromatic amines is 1. The Labute approximate surface area is 183 Å². The number of carbonyl (C=O) groups is 2. The van der Waals surface area contributed by atoms with Crippen LogP contribution in [0.1, 0.15) is 46.6 Å². The Morgan fingerprint density at radius 1 is 1.19 bits per heavy atom. The number of benzene rings is 1. The molecule has 1 aliphatic heterocycles. The number of sulfonamides is 1. The molecule has 2 heterocycles. The molecule has 0 aliphatic carbocycles. The minimum Gasteiger partial charge on any atom is -0.462 e. The molecular weight excluding hydrogens is 418 g/mol. The molecule has 3 rings (SSSR count). The molecule has 1 aromatic carbocycles. The van der Waals surface area contributed by atoms with E-state index in [1.165, 1.54) is 12.6 Å². The van der Waals surface area contributed by atoms with Crippen LogP contribution in [0, 0.1) is 13.8 Å². The summed E-state index contributed by atoms with van der Waals surface area (Å²) in [5, 5.41) is 0. The molecule has 1 N–H and O–H groups in total. The number of H-pyrrole nitrogens is 1. The Kier molecular flexibility index (Phi) is 6.86. The van der Waals surface area contributed by atoms with Crippen molar-refractivity contribution in [1.29, 1.82) is 0 Å². The zero-order chi connectivity index (χ0) is 22.8. The van der Waals surface area contributed by atoms with Gasteiger partial charge in [0.05, 0.1) is 13.2 Å². The van der Waals surface area contributed by atoms with Gasteiger partial charge in [-0.3, -0.25) is 4.79 Å². The molecule has 1 saturated heterocycles. The molecule has 0 radical (unpaired) electrons. The second-order valence-corrected chi connectivity index (χ2v) is 9.78. The van der Waals surface area contributed by atoms with Crippen LogP contribution in [0.25, 0.3) is 0 Å². The van der Waals surface area contributed by atoms with E-state index < -0.39 is 16.0 Å². The van der Waals surface area contributed by atoms with Crippen molar-refractivity contribution in [3.63, 3.8) is 0 Å². The van der Waals surface area contributed by atoms with Crippen LogP contribution in [0.15, 0.2) is 35.2 Å². The first kappa shape index (κ1) is 23.0. The van der Waals surface area contributed by atoms with Crippen molar-refractivity contribution in [2.45, 2.75) is 38.0 Å². The number of esters is 1. The van der Waals surface area contributed by atoms with Crippen LogP contribution in [0.4, 0.5) is 0 Å². The molecule has 31 heavy (non-hydrogen) atoms. The number of likely N-dealkylation sites (tertiary alicyclic amines) is 1. The van der Waals surface area contributed by atoms with Crippen molar-refractivity contribution in [2.24, 2.45) is 0 Å². The van der Waals surface area contributed by atoms with Gasteiger partial charge in [0.15, 0.2) is 0 Å². The predicted molar refractivity (Wildman–Crippen MR) is 116 cm³/mol. The molecular formula is C22H29N3O5S. The van der Waals surface area contributed by atoms with Gasteiger partial charge in [-0.2, -0.15) is 4.31 Å². The molecule has 2 aromatic rings. The lowest BCUT2D eigenvalue weighted by Gasteiger charge is -2.22. The molecule has 0 unspecified atom stereocenters. The van der Waals surface area contributed by atoms with E-state index >= 15 is 0 Å². The second-order valence-electron chi connectivity index (χ2n) is 7.80. The Hall–Kier alpha value is -2.65. The first-order chi connectivity index (χ1) is 14.7. The number of aromatic nitrogens is 1. The Balaban J connectivity index is 1.75. The normalized spacial score (nSPS) is 16.7. The van der Waals surface area contributed by atoms with Crippen LogP contribution >= 0.6 is 0 Å². The van der Waals surface area contributed by atoms with E-state index in [0.29, 0.717) is 24.5 Å². The van der Waals surface area contributed by atoms with E-state index in [0.717, 1.165) is 10.7 Å². The van der Waals surface area contributed by atoms with Crippen LogP contribution in [0.3, 0.4) is 0 Å². The molecule has 0 saturated carbocycles. The highest BCUT2D eigenvalue weighted by Crippen LogP contribution is 2.29. The van der Waals surface area contributed by atoms with Gasteiger partial charge in [-0.15, -0.1) is 0 Å². The van der Waals surface area contributed by atoms with E-state index in [1.807, 2.05) is 30.3 Å². The molecule has 168 valence electrons. The van der Waals surface area contributed by atoms with E-state index in [4.69, 9.17) is 4.74 Å². The zero-order valence-electron chi connectivity index (χ0n) is 18.3. The monoisotopic (exact) mass is 447 g/mol. The Morgan fingerprint density at radius 2 is 1.87 bits per heavy atom.